The molecule has 164 valence electrons. The van der Waals surface area contributed by atoms with Crippen LogP contribution in [0.2, 0.25) is 5.02 Å². The molecule has 1 saturated heterocycles. The van der Waals surface area contributed by atoms with Crippen LogP contribution in [0, 0.1) is 6.92 Å². The van der Waals surface area contributed by atoms with Gasteiger partial charge in [0.2, 0.25) is 0 Å². The zero-order valence-electron chi connectivity index (χ0n) is 18.7. The van der Waals surface area contributed by atoms with Crippen molar-refractivity contribution in [1.82, 2.24) is 4.98 Å². The number of nitrogens with zero attached hydrogens (tertiary/aromatic N) is 2. The van der Waals surface area contributed by atoms with Crippen molar-refractivity contribution < 1.29 is 9.47 Å². The summed E-state index contributed by atoms with van der Waals surface area (Å²) in [7, 11) is 0. The van der Waals surface area contributed by atoms with E-state index in [0.29, 0.717) is 0 Å². The Morgan fingerprint density at radius 2 is 1.87 bits per heavy atom. The topological polar surface area (TPSA) is 34.6 Å². The van der Waals surface area contributed by atoms with Crippen molar-refractivity contribution in [2.75, 3.05) is 37.8 Å². The minimum Gasteiger partial charge on any atom is -0.378 e. The lowest BCUT2D eigenvalue weighted by molar-refractivity contribution is 0.0637. The Morgan fingerprint density at radius 3 is 2.58 bits per heavy atom. The van der Waals surface area contributed by atoms with E-state index < -0.39 is 0 Å². The molecule has 2 heterocycles. The summed E-state index contributed by atoms with van der Waals surface area (Å²) in [6, 6.07) is 14.6. The Labute approximate surface area is 190 Å². The van der Waals surface area contributed by atoms with Gasteiger partial charge in [0.05, 0.1) is 24.8 Å². The minimum absolute atomic E-state index is 0.000507. The van der Waals surface area contributed by atoms with Gasteiger partial charge in [-0.3, -0.25) is 0 Å². The van der Waals surface area contributed by atoms with Crippen LogP contribution in [-0.4, -0.2) is 37.9 Å². The number of morpholine rings is 1. The normalized spacial score (nSPS) is 15.4. The van der Waals surface area contributed by atoms with Crippen LogP contribution in [0.1, 0.15) is 43.9 Å². The molecule has 0 radical (unpaired) electrons. The molecule has 1 aliphatic rings. The number of fused-ring (bicyclic) bond motifs is 1. The van der Waals surface area contributed by atoms with Crippen molar-refractivity contribution >= 4 is 28.3 Å². The maximum Gasteiger partial charge on any atom is 0.129 e. The standard InChI is InChI=1S/C26H31ClN2O2/c1-4-5-14-31-19(3)25-18(2)17-23-22(26(25)20-6-8-21(27)9-7-20)10-11-24(28-23)29-12-15-30-16-13-29/h6-11,17,19H,4-5,12-16H2,1-3H3. The van der Waals surface area contributed by atoms with E-state index in [1.165, 1.54) is 16.7 Å². The number of aromatic nitrogens is 1. The molecule has 1 aliphatic heterocycles. The van der Waals surface area contributed by atoms with Crippen molar-refractivity contribution in [2.45, 2.75) is 39.7 Å². The van der Waals surface area contributed by atoms with Gasteiger partial charge in [-0.1, -0.05) is 37.1 Å². The molecule has 0 spiro atoms. The largest absolute Gasteiger partial charge is 0.378 e. The van der Waals surface area contributed by atoms with Crippen molar-refractivity contribution in [3.8, 4) is 11.1 Å². The predicted octanol–water partition coefficient (Wildman–Crippen LogP) is 6.58. The van der Waals surface area contributed by atoms with Crippen LogP contribution in [0.15, 0.2) is 42.5 Å². The highest BCUT2D eigenvalue weighted by atomic mass is 35.5. The molecule has 0 N–H and O–H groups in total. The van der Waals surface area contributed by atoms with E-state index >= 15 is 0 Å². The average Bonchev–Trinajstić information content (AvgIpc) is 2.79. The van der Waals surface area contributed by atoms with Gasteiger partial charge >= 0.3 is 0 Å². The number of unbranched alkanes of at least 4 members (excludes halogenated alkanes) is 1. The van der Waals surface area contributed by atoms with Gasteiger partial charge in [-0.15, -0.1) is 0 Å². The van der Waals surface area contributed by atoms with Crippen molar-refractivity contribution in [3.05, 3.63) is 58.6 Å². The molecule has 5 heteroatoms. The molecule has 3 aromatic rings. The quantitative estimate of drug-likeness (QED) is 0.390. The van der Waals surface area contributed by atoms with E-state index in [1.807, 2.05) is 12.1 Å². The fourth-order valence-electron chi connectivity index (χ4n) is 4.32. The van der Waals surface area contributed by atoms with Crippen molar-refractivity contribution in [1.29, 1.82) is 0 Å². The van der Waals surface area contributed by atoms with Crippen LogP contribution < -0.4 is 4.90 Å². The summed E-state index contributed by atoms with van der Waals surface area (Å²) in [6.07, 6.45) is 2.19. The van der Waals surface area contributed by atoms with Crippen LogP contribution in [0.3, 0.4) is 0 Å². The summed E-state index contributed by atoms with van der Waals surface area (Å²) in [5.74, 6) is 1.01. The van der Waals surface area contributed by atoms with Crippen molar-refractivity contribution in [2.24, 2.45) is 0 Å². The molecule has 1 aromatic heterocycles. The maximum atomic E-state index is 6.23. The first-order valence-corrected chi connectivity index (χ1v) is 11.6. The zero-order valence-corrected chi connectivity index (χ0v) is 19.4. The average molecular weight is 439 g/mol. The third kappa shape index (κ3) is 4.87. The van der Waals surface area contributed by atoms with E-state index in [1.54, 1.807) is 0 Å². The van der Waals surface area contributed by atoms with Crippen LogP contribution >= 0.6 is 11.6 Å². The monoisotopic (exact) mass is 438 g/mol. The molecule has 0 aliphatic carbocycles. The lowest BCUT2D eigenvalue weighted by Crippen LogP contribution is -2.36. The summed E-state index contributed by atoms with van der Waals surface area (Å²) in [5, 5.41) is 1.88. The Hall–Kier alpha value is -2.14. The smallest absolute Gasteiger partial charge is 0.129 e. The number of pyridine rings is 1. The molecular weight excluding hydrogens is 408 g/mol. The highest BCUT2D eigenvalue weighted by Gasteiger charge is 2.21. The number of halogens is 1. The number of hydrogen-bond acceptors (Lipinski definition) is 4. The van der Waals surface area contributed by atoms with Gasteiger partial charge in [0, 0.05) is 30.1 Å². The van der Waals surface area contributed by atoms with Crippen LogP contribution in [0.25, 0.3) is 22.0 Å². The van der Waals surface area contributed by atoms with Crippen molar-refractivity contribution in [3.63, 3.8) is 0 Å². The number of ether oxygens (including phenoxy) is 2. The van der Waals surface area contributed by atoms with Crippen LogP contribution in [0.4, 0.5) is 5.82 Å². The molecule has 2 aromatic carbocycles. The second kappa shape index (κ2) is 9.99. The molecule has 0 amide bonds. The fraction of sp³-hybridized carbons (Fsp3) is 0.423. The maximum absolute atomic E-state index is 6.23. The summed E-state index contributed by atoms with van der Waals surface area (Å²) in [5.41, 5.74) is 5.77. The predicted molar refractivity (Wildman–Crippen MR) is 129 cm³/mol. The number of aryl methyl sites for hydroxylation is 1. The fourth-order valence-corrected chi connectivity index (χ4v) is 4.44. The molecule has 31 heavy (non-hydrogen) atoms. The van der Waals surface area contributed by atoms with Gasteiger partial charge < -0.3 is 14.4 Å². The molecule has 0 bridgehead atoms. The Kier molecular flexibility index (Phi) is 7.11. The lowest BCUT2D eigenvalue weighted by Gasteiger charge is -2.28. The highest BCUT2D eigenvalue weighted by Crippen LogP contribution is 2.39. The summed E-state index contributed by atoms with van der Waals surface area (Å²) >= 11 is 6.19. The zero-order chi connectivity index (χ0) is 21.8. The molecular formula is C26H31ClN2O2. The van der Waals surface area contributed by atoms with E-state index in [0.717, 1.165) is 73.1 Å². The van der Waals surface area contributed by atoms with Crippen LogP contribution in [-0.2, 0) is 9.47 Å². The SMILES string of the molecule is CCCCOC(C)c1c(C)cc2nc(N3CCOCC3)ccc2c1-c1ccc(Cl)cc1. The number of benzene rings is 2. The van der Waals surface area contributed by atoms with Gasteiger partial charge in [0.15, 0.2) is 0 Å². The van der Waals surface area contributed by atoms with E-state index in [4.69, 9.17) is 26.1 Å². The first kappa shape index (κ1) is 22.1. The number of hydrogen-bond donors (Lipinski definition) is 0. The van der Waals surface area contributed by atoms with Gasteiger partial charge in [-0.05, 0) is 72.9 Å². The molecule has 4 nitrogen and oxygen atoms in total. The Bertz CT molecular complexity index is 1030. The first-order chi connectivity index (χ1) is 15.1. The molecule has 1 unspecified atom stereocenters. The van der Waals surface area contributed by atoms with E-state index in [-0.39, 0.29) is 6.10 Å². The van der Waals surface area contributed by atoms with E-state index in [9.17, 15) is 0 Å². The molecule has 1 atom stereocenters. The Balaban J connectivity index is 1.84. The first-order valence-electron chi connectivity index (χ1n) is 11.2. The summed E-state index contributed by atoms with van der Waals surface area (Å²) in [6.45, 7) is 10.5. The minimum atomic E-state index is 0.000507. The molecule has 0 saturated carbocycles. The van der Waals surface area contributed by atoms with E-state index in [2.05, 4.69) is 56.0 Å². The van der Waals surface area contributed by atoms with Gasteiger partial charge in [-0.2, -0.15) is 0 Å². The van der Waals surface area contributed by atoms with Gasteiger partial charge in [-0.25, -0.2) is 4.98 Å². The second-order valence-corrected chi connectivity index (χ2v) is 8.63. The number of rotatable bonds is 7. The summed E-state index contributed by atoms with van der Waals surface area (Å²) in [4.78, 5) is 7.34. The lowest BCUT2D eigenvalue weighted by atomic mass is 9.89. The third-order valence-corrected chi connectivity index (χ3v) is 6.22. The van der Waals surface area contributed by atoms with Gasteiger partial charge in [0.25, 0.3) is 0 Å². The van der Waals surface area contributed by atoms with Gasteiger partial charge in [0.1, 0.15) is 5.82 Å². The van der Waals surface area contributed by atoms with Crippen LogP contribution in [0.5, 0.6) is 0 Å². The molecule has 4 rings (SSSR count). The third-order valence-electron chi connectivity index (χ3n) is 5.97. The summed E-state index contributed by atoms with van der Waals surface area (Å²) < 4.78 is 11.7. The Morgan fingerprint density at radius 1 is 1.13 bits per heavy atom. The number of anilines is 1. The highest BCUT2D eigenvalue weighted by molar-refractivity contribution is 6.30. The molecule has 1 fully saturated rings. The second-order valence-electron chi connectivity index (χ2n) is 8.19.